The van der Waals surface area contributed by atoms with E-state index < -0.39 is 11.5 Å². The number of carbonyl (C=O) groups is 2. The van der Waals surface area contributed by atoms with Crippen molar-refractivity contribution < 1.29 is 14.7 Å². The molecule has 0 atom stereocenters. The van der Waals surface area contributed by atoms with Crippen LogP contribution in [-0.4, -0.2) is 22.5 Å². The normalized spacial score (nSPS) is 16.0. The maximum Gasteiger partial charge on any atom is 0.329 e. The Morgan fingerprint density at radius 3 is 2.67 bits per heavy atom. The number of nitrogen functional groups attached to an aromatic ring is 1. The first-order valence-corrected chi connectivity index (χ1v) is 5.91. The molecule has 1 fully saturated rings. The average Bonchev–Trinajstić information content (AvgIpc) is 3.08. The molecule has 2 rings (SSSR count). The Balaban J connectivity index is 1.84. The van der Waals surface area contributed by atoms with Crippen molar-refractivity contribution in [2.45, 2.75) is 31.2 Å². The zero-order chi connectivity index (χ0) is 13.2. The molecule has 0 unspecified atom stereocenters. The lowest BCUT2D eigenvalue weighted by Crippen LogP contribution is -2.43. The van der Waals surface area contributed by atoms with Gasteiger partial charge < -0.3 is 16.2 Å². The van der Waals surface area contributed by atoms with Crippen molar-refractivity contribution in [2.24, 2.45) is 0 Å². The Morgan fingerprint density at radius 1 is 1.39 bits per heavy atom. The van der Waals surface area contributed by atoms with E-state index in [1.165, 1.54) is 0 Å². The van der Waals surface area contributed by atoms with Crippen molar-refractivity contribution >= 4 is 17.6 Å². The van der Waals surface area contributed by atoms with E-state index in [9.17, 15) is 9.59 Å². The van der Waals surface area contributed by atoms with Crippen LogP contribution >= 0.6 is 0 Å². The topological polar surface area (TPSA) is 92.4 Å². The molecule has 0 radical (unpaired) electrons. The Morgan fingerprint density at radius 2 is 2.11 bits per heavy atom. The number of aliphatic carboxylic acids is 1. The highest BCUT2D eigenvalue weighted by molar-refractivity contribution is 5.89. The molecular formula is C13H16N2O3. The van der Waals surface area contributed by atoms with Crippen LogP contribution in [0.2, 0.25) is 0 Å². The minimum absolute atomic E-state index is 0.225. The molecule has 1 aromatic rings. The first-order chi connectivity index (χ1) is 8.52. The van der Waals surface area contributed by atoms with E-state index in [2.05, 4.69) is 5.32 Å². The standard InChI is InChI=1S/C13H16N2O3/c14-10-3-1-2-9(8-10)4-5-11(16)15-13(6-7-13)12(17)18/h1-3,8H,4-7,14H2,(H,15,16)(H,17,18). The van der Waals surface area contributed by atoms with E-state index in [-0.39, 0.29) is 12.3 Å². The molecule has 0 bridgehead atoms. The quantitative estimate of drug-likeness (QED) is 0.676. The predicted octanol–water partition coefficient (Wildman–Crippen LogP) is 0.935. The fourth-order valence-electron chi connectivity index (χ4n) is 1.85. The van der Waals surface area contributed by atoms with E-state index in [1.807, 2.05) is 18.2 Å². The molecule has 1 aliphatic carbocycles. The van der Waals surface area contributed by atoms with E-state index in [0.717, 1.165) is 5.56 Å². The van der Waals surface area contributed by atoms with E-state index in [0.29, 0.717) is 24.9 Å². The summed E-state index contributed by atoms with van der Waals surface area (Å²) in [6.45, 7) is 0. The fraction of sp³-hybridized carbons (Fsp3) is 0.385. The van der Waals surface area contributed by atoms with Gasteiger partial charge in [-0.3, -0.25) is 4.79 Å². The molecule has 1 aromatic carbocycles. The third-order valence-electron chi connectivity index (χ3n) is 3.13. The second kappa shape index (κ2) is 4.68. The van der Waals surface area contributed by atoms with Gasteiger partial charge in [0.2, 0.25) is 5.91 Å². The molecule has 5 nitrogen and oxygen atoms in total. The van der Waals surface area contributed by atoms with Crippen LogP contribution in [-0.2, 0) is 16.0 Å². The Bertz CT molecular complexity index is 481. The van der Waals surface area contributed by atoms with Gasteiger partial charge in [-0.05, 0) is 37.0 Å². The number of anilines is 1. The van der Waals surface area contributed by atoms with Crippen molar-refractivity contribution in [1.29, 1.82) is 0 Å². The highest BCUT2D eigenvalue weighted by Gasteiger charge is 2.51. The van der Waals surface area contributed by atoms with Gasteiger partial charge in [0.05, 0.1) is 0 Å². The zero-order valence-corrected chi connectivity index (χ0v) is 9.98. The van der Waals surface area contributed by atoms with Gasteiger partial charge in [0.1, 0.15) is 5.54 Å². The molecule has 0 aromatic heterocycles. The summed E-state index contributed by atoms with van der Waals surface area (Å²) >= 11 is 0. The van der Waals surface area contributed by atoms with Gasteiger partial charge >= 0.3 is 5.97 Å². The van der Waals surface area contributed by atoms with E-state index in [1.54, 1.807) is 6.07 Å². The average molecular weight is 248 g/mol. The number of hydrogen-bond donors (Lipinski definition) is 3. The van der Waals surface area contributed by atoms with E-state index in [4.69, 9.17) is 10.8 Å². The second-order valence-electron chi connectivity index (χ2n) is 4.68. The minimum atomic E-state index is -0.993. The molecule has 1 amide bonds. The lowest BCUT2D eigenvalue weighted by molar-refractivity contribution is -0.143. The van der Waals surface area contributed by atoms with Crippen molar-refractivity contribution in [3.05, 3.63) is 29.8 Å². The SMILES string of the molecule is Nc1cccc(CCC(=O)NC2(C(=O)O)CC2)c1. The van der Waals surface area contributed by atoms with Gasteiger partial charge in [0.15, 0.2) is 0 Å². The molecule has 0 spiro atoms. The van der Waals surface area contributed by atoms with Crippen LogP contribution < -0.4 is 11.1 Å². The lowest BCUT2D eigenvalue weighted by Gasteiger charge is -2.12. The van der Waals surface area contributed by atoms with Crippen LogP contribution in [0.1, 0.15) is 24.8 Å². The maximum atomic E-state index is 11.7. The third kappa shape index (κ3) is 2.80. The van der Waals surface area contributed by atoms with Crippen molar-refractivity contribution in [3.63, 3.8) is 0 Å². The van der Waals surface area contributed by atoms with Gasteiger partial charge in [-0.15, -0.1) is 0 Å². The molecule has 5 heteroatoms. The van der Waals surface area contributed by atoms with Crippen LogP contribution in [0.3, 0.4) is 0 Å². The van der Waals surface area contributed by atoms with Gasteiger partial charge in [-0.2, -0.15) is 0 Å². The van der Waals surface area contributed by atoms with Gasteiger partial charge in [-0.25, -0.2) is 4.79 Å². The third-order valence-corrected chi connectivity index (χ3v) is 3.13. The van der Waals surface area contributed by atoms with Crippen molar-refractivity contribution in [3.8, 4) is 0 Å². The summed E-state index contributed by atoms with van der Waals surface area (Å²) in [7, 11) is 0. The highest BCUT2D eigenvalue weighted by Crippen LogP contribution is 2.35. The summed E-state index contributed by atoms with van der Waals surface area (Å²) < 4.78 is 0. The van der Waals surface area contributed by atoms with Crippen LogP contribution in [0, 0.1) is 0 Å². The number of carbonyl (C=O) groups excluding carboxylic acids is 1. The lowest BCUT2D eigenvalue weighted by atomic mass is 10.1. The molecule has 0 saturated heterocycles. The molecule has 4 N–H and O–H groups in total. The number of nitrogens with one attached hydrogen (secondary N) is 1. The molecule has 18 heavy (non-hydrogen) atoms. The first-order valence-electron chi connectivity index (χ1n) is 5.91. The zero-order valence-electron chi connectivity index (χ0n) is 9.98. The van der Waals surface area contributed by atoms with Crippen LogP contribution in [0.4, 0.5) is 5.69 Å². The Hall–Kier alpha value is -2.04. The number of rotatable bonds is 5. The summed E-state index contributed by atoms with van der Waals surface area (Å²) in [5.41, 5.74) is 6.29. The molecule has 0 heterocycles. The van der Waals surface area contributed by atoms with Crippen LogP contribution in [0.15, 0.2) is 24.3 Å². The second-order valence-corrected chi connectivity index (χ2v) is 4.68. The summed E-state index contributed by atoms with van der Waals surface area (Å²) in [6.07, 6.45) is 1.88. The molecule has 1 saturated carbocycles. The monoisotopic (exact) mass is 248 g/mol. The maximum absolute atomic E-state index is 11.7. The van der Waals surface area contributed by atoms with Gasteiger partial charge in [-0.1, -0.05) is 12.1 Å². The predicted molar refractivity (Wildman–Crippen MR) is 66.9 cm³/mol. The molecule has 1 aliphatic rings. The molecular weight excluding hydrogens is 232 g/mol. The molecule has 0 aliphatic heterocycles. The number of benzene rings is 1. The van der Waals surface area contributed by atoms with Gasteiger partial charge in [0, 0.05) is 12.1 Å². The minimum Gasteiger partial charge on any atom is -0.480 e. The largest absolute Gasteiger partial charge is 0.480 e. The first kappa shape index (κ1) is 12.4. The number of hydrogen-bond acceptors (Lipinski definition) is 3. The summed E-state index contributed by atoms with van der Waals surface area (Å²) in [6, 6.07) is 7.33. The summed E-state index contributed by atoms with van der Waals surface area (Å²) in [5.74, 6) is -1.17. The molecule has 96 valence electrons. The number of amides is 1. The van der Waals surface area contributed by atoms with Crippen molar-refractivity contribution in [2.75, 3.05) is 5.73 Å². The number of carboxylic acids is 1. The van der Waals surface area contributed by atoms with Gasteiger partial charge in [0.25, 0.3) is 0 Å². The highest BCUT2D eigenvalue weighted by atomic mass is 16.4. The Labute approximate surface area is 105 Å². The van der Waals surface area contributed by atoms with Crippen LogP contribution in [0.5, 0.6) is 0 Å². The smallest absolute Gasteiger partial charge is 0.329 e. The summed E-state index contributed by atoms with van der Waals surface area (Å²) in [5, 5.41) is 11.5. The Kier molecular flexibility index (Phi) is 3.23. The number of carboxylic acid groups (broad SMARTS) is 1. The number of aryl methyl sites for hydroxylation is 1. The van der Waals surface area contributed by atoms with E-state index >= 15 is 0 Å². The summed E-state index contributed by atoms with van der Waals surface area (Å²) in [4.78, 5) is 22.6. The van der Waals surface area contributed by atoms with Crippen LogP contribution in [0.25, 0.3) is 0 Å². The van der Waals surface area contributed by atoms with Crippen molar-refractivity contribution in [1.82, 2.24) is 5.32 Å². The fourth-order valence-corrected chi connectivity index (χ4v) is 1.85. The number of nitrogens with two attached hydrogens (primary N) is 1.